The van der Waals surface area contributed by atoms with Crippen LogP contribution in [-0.2, 0) is 0 Å². The van der Waals surface area contributed by atoms with E-state index in [4.69, 9.17) is 0 Å². The highest BCUT2D eigenvalue weighted by molar-refractivity contribution is 6.07. The fraction of sp³-hybridized carbons (Fsp3) is 0.348. The zero-order valence-corrected chi connectivity index (χ0v) is 17.0. The molecule has 3 aromatic rings. The molecule has 1 unspecified atom stereocenters. The van der Waals surface area contributed by atoms with Gasteiger partial charge >= 0.3 is 0 Å². The van der Waals surface area contributed by atoms with E-state index < -0.39 is 0 Å². The van der Waals surface area contributed by atoms with Gasteiger partial charge in [-0.05, 0) is 69.9 Å². The minimum absolute atomic E-state index is 0.0535. The van der Waals surface area contributed by atoms with E-state index in [1.165, 1.54) is 6.07 Å². The molecule has 1 saturated heterocycles. The summed E-state index contributed by atoms with van der Waals surface area (Å²) in [6.07, 6.45) is 4.73. The third-order valence-corrected chi connectivity index (χ3v) is 5.60. The van der Waals surface area contributed by atoms with Crippen LogP contribution >= 0.6 is 0 Å². The lowest BCUT2D eigenvalue weighted by atomic mass is 10.0. The fourth-order valence-corrected chi connectivity index (χ4v) is 3.84. The van der Waals surface area contributed by atoms with Crippen LogP contribution in [0, 0.1) is 19.7 Å². The Morgan fingerprint density at radius 3 is 2.79 bits per heavy atom. The van der Waals surface area contributed by atoms with Gasteiger partial charge in [-0.25, -0.2) is 14.4 Å². The van der Waals surface area contributed by atoms with Crippen LogP contribution in [0.5, 0.6) is 0 Å². The van der Waals surface area contributed by atoms with E-state index >= 15 is 0 Å². The number of carbonyl (C=O) groups excluding carboxylic acids is 1. The molecule has 2 aromatic heterocycles. The van der Waals surface area contributed by atoms with Crippen molar-refractivity contribution in [3.63, 3.8) is 0 Å². The van der Waals surface area contributed by atoms with Crippen molar-refractivity contribution in [2.45, 2.75) is 46.1 Å². The van der Waals surface area contributed by atoms with E-state index in [2.05, 4.69) is 22.2 Å². The Morgan fingerprint density at radius 2 is 2.03 bits per heavy atom. The van der Waals surface area contributed by atoms with Gasteiger partial charge in [0.25, 0.3) is 5.91 Å². The first-order valence-electron chi connectivity index (χ1n) is 10.0. The van der Waals surface area contributed by atoms with Crippen molar-refractivity contribution < 1.29 is 9.18 Å². The molecule has 29 heavy (non-hydrogen) atoms. The van der Waals surface area contributed by atoms with Crippen molar-refractivity contribution in [1.29, 1.82) is 0 Å². The molecule has 1 atom stereocenters. The Bertz CT molecular complexity index is 1080. The van der Waals surface area contributed by atoms with E-state index in [1.54, 1.807) is 19.2 Å². The molecule has 1 fully saturated rings. The summed E-state index contributed by atoms with van der Waals surface area (Å²) in [5.41, 5.74) is 3.67. The second-order valence-corrected chi connectivity index (χ2v) is 7.80. The molecule has 1 amide bonds. The first-order valence-corrected chi connectivity index (χ1v) is 10.0. The van der Waals surface area contributed by atoms with Gasteiger partial charge in [-0.15, -0.1) is 0 Å². The van der Waals surface area contributed by atoms with E-state index in [0.717, 1.165) is 36.9 Å². The first-order chi connectivity index (χ1) is 13.9. The predicted octanol–water partition coefficient (Wildman–Crippen LogP) is 5.14. The maximum Gasteiger partial charge on any atom is 0.257 e. The quantitative estimate of drug-likeness (QED) is 0.670. The minimum Gasteiger partial charge on any atom is -0.354 e. The molecule has 0 bridgehead atoms. The Hall–Kier alpha value is -3.02. The number of nitrogens with one attached hydrogen (secondary N) is 1. The Morgan fingerprint density at radius 1 is 1.21 bits per heavy atom. The maximum absolute atomic E-state index is 14.1. The molecule has 0 aliphatic carbocycles. The van der Waals surface area contributed by atoms with Gasteiger partial charge in [0.05, 0.1) is 11.3 Å². The number of rotatable bonds is 3. The number of pyridine rings is 2. The summed E-state index contributed by atoms with van der Waals surface area (Å²) in [6, 6.07) is 8.96. The molecule has 1 N–H and O–H groups in total. The molecule has 0 radical (unpaired) electrons. The summed E-state index contributed by atoms with van der Waals surface area (Å²) in [7, 11) is 0. The molecule has 5 nitrogen and oxygen atoms in total. The molecule has 4 rings (SSSR count). The SMILES string of the molecule is Cc1ccc2c(Nc3ccc(C)c(F)c3)c(C(=O)N3CCCCC3C)cnc2n1. The maximum atomic E-state index is 14.1. The Balaban J connectivity index is 1.82. The summed E-state index contributed by atoms with van der Waals surface area (Å²) < 4.78 is 14.1. The third kappa shape index (κ3) is 3.79. The van der Waals surface area contributed by atoms with Crippen molar-refractivity contribution in [1.82, 2.24) is 14.9 Å². The fourth-order valence-electron chi connectivity index (χ4n) is 3.84. The van der Waals surface area contributed by atoms with Crippen molar-refractivity contribution in [3.8, 4) is 0 Å². The van der Waals surface area contributed by atoms with Crippen LogP contribution in [0.4, 0.5) is 15.8 Å². The number of aryl methyl sites for hydroxylation is 2. The zero-order valence-electron chi connectivity index (χ0n) is 17.0. The number of amides is 1. The number of halogens is 1. The van der Waals surface area contributed by atoms with Crippen LogP contribution in [0.25, 0.3) is 11.0 Å². The molecule has 0 spiro atoms. The number of anilines is 2. The van der Waals surface area contributed by atoms with Crippen LogP contribution < -0.4 is 5.32 Å². The van der Waals surface area contributed by atoms with Gasteiger partial charge in [-0.2, -0.15) is 0 Å². The Labute approximate surface area is 170 Å². The van der Waals surface area contributed by atoms with Gasteiger partial charge < -0.3 is 10.2 Å². The lowest BCUT2D eigenvalue weighted by Crippen LogP contribution is -2.42. The number of aromatic nitrogens is 2. The van der Waals surface area contributed by atoms with Crippen molar-refractivity contribution in [2.75, 3.05) is 11.9 Å². The van der Waals surface area contributed by atoms with Crippen LogP contribution in [-0.4, -0.2) is 33.4 Å². The number of benzene rings is 1. The van der Waals surface area contributed by atoms with E-state index in [-0.39, 0.29) is 17.8 Å². The molecule has 1 aliphatic rings. The van der Waals surface area contributed by atoms with Crippen LogP contribution in [0.3, 0.4) is 0 Å². The number of piperidine rings is 1. The lowest BCUT2D eigenvalue weighted by Gasteiger charge is -2.34. The number of hydrogen-bond acceptors (Lipinski definition) is 4. The van der Waals surface area contributed by atoms with Crippen LogP contribution in [0.15, 0.2) is 36.5 Å². The Kier molecular flexibility index (Phi) is 5.18. The number of carbonyl (C=O) groups is 1. The topological polar surface area (TPSA) is 58.1 Å². The normalized spacial score (nSPS) is 16.8. The number of hydrogen-bond donors (Lipinski definition) is 1. The molecule has 1 aliphatic heterocycles. The molecule has 3 heterocycles. The van der Waals surface area contributed by atoms with E-state index in [1.807, 2.05) is 30.0 Å². The van der Waals surface area contributed by atoms with Crippen molar-refractivity contribution in [3.05, 3.63) is 59.2 Å². The smallest absolute Gasteiger partial charge is 0.257 e. The van der Waals surface area contributed by atoms with Crippen LogP contribution in [0.1, 0.15) is 47.8 Å². The third-order valence-electron chi connectivity index (χ3n) is 5.60. The summed E-state index contributed by atoms with van der Waals surface area (Å²) in [4.78, 5) is 24.2. The second-order valence-electron chi connectivity index (χ2n) is 7.80. The molecule has 1 aromatic carbocycles. The van der Waals surface area contributed by atoms with Gasteiger partial charge in [0.15, 0.2) is 5.65 Å². The highest BCUT2D eigenvalue weighted by atomic mass is 19.1. The minimum atomic E-state index is -0.292. The average Bonchev–Trinajstić information content (AvgIpc) is 2.70. The van der Waals surface area contributed by atoms with Crippen molar-refractivity contribution >= 4 is 28.3 Å². The second kappa shape index (κ2) is 7.78. The van der Waals surface area contributed by atoms with Gasteiger partial charge in [0.2, 0.25) is 0 Å². The number of fused-ring (bicyclic) bond motifs is 1. The highest BCUT2D eigenvalue weighted by Gasteiger charge is 2.27. The highest BCUT2D eigenvalue weighted by Crippen LogP contribution is 2.31. The zero-order chi connectivity index (χ0) is 20.5. The lowest BCUT2D eigenvalue weighted by molar-refractivity contribution is 0.0636. The summed E-state index contributed by atoms with van der Waals surface area (Å²) >= 11 is 0. The number of likely N-dealkylation sites (tertiary alicyclic amines) is 1. The number of nitrogens with zero attached hydrogens (tertiary/aromatic N) is 3. The van der Waals surface area contributed by atoms with Gasteiger partial charge in [-0.3, -0.25) is 4.79 Å². The monoisotopic (exact) mass is 392 g/mol. The van der Waals surface area contributed by atoms with Crippen molar-refractivity contribution in [2.24, 2.45) is 0 Å². The molecule has 0 saturated carbocycles. The van der Waals surface area contributed by atoms with Gasteiger partial charge in [0, 0.05) is 35.6 Å². The first kappa shape index (κ1) is 19.3. The summed E-state index contributed by atoms with van der Waals surface area (Å²) in [5, 5.41) is 4.01. The standard InChI is InChI=1S/C23H25FN4O/c1-14-7-9-17(12-20(14)24)27-21-18-10-8-15(2)26-22(18)25-13-19(21)23(29)28-11-5-4-6-16(28)3/h7-10,12-13,16H,4-6,11H2,1-3H3,(H,25,26,27). The van der Waals surface area contributed by atoms with E-state index in [0.29, 0.717) is 28.1 Å². The van der Waals surface area contributed by atoms with Gasteiger partial charge in [-0.1, -0.05) is 6.07 Å². The van der Waals surface area contributed by atoms with Gasteiger partial charge in [0.1, 0.15) is 5.82 Å². The van der Waals surface area contributed by atoms with E-state index in [9.17, 15) is 9.18 Å². The molecular weight excluding hydrogens is 367 g/mol. The predicted molar refractivity (Wildman–Crippen MR) is 113 cm³/mol. The summed E-state index contributed by atoms with van der Waals surface area (Å²) in [5.74, 6) is -0.345. The largest absolute Gasteiger partial charge is 0.354 e. The average molecular weight is 392 g/mol. The molecule has 6 heteroatoms. The molecule has 150 valence electrons. The molecular formula is C23H25FN4O. The van der Waals surface area contributed by atoms with Crippen LogP contribution in [0.2, 0.25) is 0 Å². The summed E-state index contributed by atoms with van der Waals surface area (Å²) in [6.45, 7) is 6.44.